The zero-order chi connectivity index (χ0) is 19.3. The molecular formula is C23H23NO4. The molecule has 2 saturated heterocycles. The Hall–Kier alpha value is -2.66. The molecule has 144 valence electrons. The van der Waals surface area contributed by atoms with Gasteiger partial charge in [-0.25, -0.2) is 4.79 Å². The average Bonchev–Trinajstić information content (AvgIpc) is 3.03. The summed E-state index contributed by atoms with van der Waals surface area (Å²) in [5, 5.41) is 0. The van der Waals surface area contributed by atoms with Crippen LogP contribution in [0.3, 0.4) is 0 Å². The lowest BCUT2D eigenvalue weighted by Gasteiger charge is -2.48. The highest BCUT2D eigenvalue weighted by Gasteiger charge is 2.57. The maximum Gasteiger partial charge on any atom is 0.338 e. The number of benzene rings is 2. The van der Waals surface area contributed by atoms with Crippen molar-refractivity contribution in [2.45, 2.75) is 44.1 Å². The predicted octanol–water partition coefficient (Wildman–Crippen LogP) is 3.15. The molecule has 2 aromatic carbocycles. The third-order valence-corrected chi connectivity index (χ3v) is 6.38. The van der Waals surface area contributed by atoms with Crippen LogP contribution in [0.15, 0.2) is 54.6 Å². The minimum atomic E-state index is -0.484. The standard InChI is InChI=1S/C23H23NO4/c1-14-21-20(23(26)27-14)19(28-22(25)16-8-3-2-4-9-16)13-18-17-10-6-5-7-15(17)11-12-24(18)21/h2-10,14,18-21H,11-13H2,1H3/t14-,18-,19-,20-,21-/m1/s1. The summed E-state index contributed by atoms with van der Waals surface area (Å²) >= 11 is 0. The first-order valence-electron chi connectivity index (χ1n) is 9.93. The van der Waals surface area contributed by atoms with E-state index in [1.54, 1.807) is 12.1 Å². The molecule has 28 heavy (non-hydrogen) atoms. The lowest BCUT2D eigenvalue weighted by Crippen LogP contribution is -2.57. The van der Waals surface area contributed by atoms with E-state index in [1.807, 2.05) is 25.1 Å². The Labute approximate surface area is 164 Å². The van der Waals surface area contributed by atoms with Gasteiger partial charge in [-0.15, -0.1) is 0 Å². The van der Waals surface area contributed by atoms with E-state index in [0.29, 0.717) is 12.0 Å². The van der Waals surface area contributed by atoms with Gasteiger partial charge in [0.25, 0.3) is 0 Å². The molecule has 3 heterocycles. The van der Waals surface area contributed by atoms with E-state index in [4.69, 9.17) is 9.47 Å². The van der Waals surface area contributed by atoms with Crippen LogP contribution in [0.4, 0.5) is 0 Å². The van der Waals surface area contributed by atoms with E-state index in [-0.39, 0.29) is 30.1 Å². The summed E-state index contributed by atoms with van der Waals surface area (Å²) in [6.45, 7) is 2.84. The predicted molar refractivity (Wildman–Crippen MR) is 103 cm³/mol. The number of carbonyl (C=O) groups excluding carboxylic acids is 2. The SMILES string of the molecule is C[C@H]1OC(=O)[C@H]2[C@@H]1N1CCc3ccccc3[C@H]1C[C@H]2OC(=O)c1ccccc1. The van der Waals surface area contributed by atoms with Crippen molar-refractivity contribution >= 4 is 11.9 Å². The minimum absolute atomic E-state index is 0.0619. The highest BCUT2D eigenvalue weighted by molar-refractivity contribution is 5.89. The van der Waals surface area contributed by atoms with Gasteiger partial charge in [0.15, 0.2) is 0 Å². The highest BCUT2D eigenvalue weighted by atomic mass is 16.6. The fraction of sp³-hybridized carbons (Fsp3) is 0.391. The number of ether oxygens (including phenoxy) is 2. The Morgan fingerprint density at radius 2 is 1.86 bits per heavy atom. The maximum absolute atomic E-state index is 12.7. The number of nitrogens with zero attached hydrogens (tertiary/aromatic N) is 1. The zero-order valence-corrected chi connectivity index (χ0v) is 15.8. The highest BCUT2D eigenvalue weighted by Crippen LogP contribution is 2.46. The molecule has 5 heteroatoms. The fourth-order valence-electron chi connectivity index (χ4n) is 5.17. The van der Waals surface area contributed by atoms with Crippen LogP contribution in [0.1, 0.15) is 40.9 Å². The van der Waals surface area contributed by atoms with Crippen LogP contribution in [0.2, 0.25) is 0 Å². The molecule has 0 radical (unpaired) electrons. The summed E-state index contributed by atoms with van der Waals surface area (Å²) in [6.07, 6.45) is 0.884. The Morgan fingerprint density at radius 3 is 2.68 bits per heavy atom. The number of hydrogen-bond donors (Lipinski definition) is 0. The van der Waals surface area contributed by atoms with Crippen molar-refractivity contribution in [2.24, 2.45) is 5.92 Å². The van der Waals surface area contributed by atoms with Gasteiger partial charge in [-0.2, -0.15) is 0 Å². The minimum Gasteiger partial charge on any atom is -0.461 e. The molecule has 0 amide bonds. The smallest absolute Gasteiger partial charge is 0.338 e. The van der Waals surface area contributed by atoms with Gasteiger partial charge in [-0.05, 0) is 36.6 Å². The van der Waals surface area contributed by atoms with Gasteiger partial charge in [-0.1, -0.05) is 42.5 Å². The maximum atomic E-state index is 12.7. The van der Waals surface area contributed by atoms with E-state index in [1.165, 1.54) is 11.1 Å². The topological polar surface area (TPSA) is 55.8 Å². The van der Waals surface area contributed by atoms with E-state index < -0.39 is 12.0 Å². The van der Waals surface area contributed by atoms with Crippen LogP contribution in [-0.4, -0.2) is 41.6 Å². The van der Waals surface area contributed by atoms with Crippen molar-refractivity contribution in [3.05, 3.63) is 71.3 Å². The largest absolute Gasteiger partial charge is 0.461 e. The van der Waals surface area contributed by atoms with Gasteiger partial charge >= 0.3 is 11.9 Å². The van der Waals surface area contributed by atoms with E-state index in [0.717, 1.165) is 13.0 Å². The summed E-state index contributed by atoms with van der Waals surface area (Å²) < 4.78 is 11.5. The molecule has 5 atom stereocenters. The van der Waals surface area contributed by atoms with Crippen molar-refractivity contribution in [1.29, 1.82) is 0 Å². The van der Waals surface area contributed by atoms with Crippen molar-refractivity contribution in [3.8, 4) is 0 Å². The number of carbonyl (C=O) groups is 2. The van der Waals surface area contributed by atoms with Crippen LogP contribution >= 0.6 is 0 Å². The molecule has 2 fully saturated rings. The first-order valence-corrected chi connectivity index (χ1v) is 9.93. The summed E-state index contributed by atoms with van der Waals surface area (Å²) in [7, 11) is 0. The molecule has 0 saturated carbocycles. The van der Waals surface area contributed by atoms with E-state index in [9.17, 15) is 9.59 Å². The Bertz CT molecular complexity index is 912. The Kier molecular flexibility index (Phi) is 4.20. The number of hydrogen-bond acceptors (Lipinski definition) is 5. The monoisotopic (exact) mass is 377 g/mol. The second kappa shape index (κ2) is 6.74. The lowest BCUT2D eigenvalue weighted by atomic mass is 9.77. The molecule has 0 spiro atoms. The molecule has 3 aliphatic heterocycles. The van der Waals surface area contributed by atoms with Crippen LogP contribution in [0.5, 0.6) is 0 Å². The van der Waals surface area contributed by atoms with Crippen molar-refractivity contribution in [3.63, 3.8) is 0 Å². The summed E-state index contributed by atoms with van der Waals surface area (Å²) in [5.74, 6) is -1.06. The van der Waals surface area contributed by atoms with Gasteiger partial charge in [-0.3, -0.25) is 9.69 Å². The first-order chi connectivity index (χ1) is 13.6. The summed E-state index contributed by atoms with van der Waals surface area (Å²) in [6, 6.07) is 17.5. The van der Waals surface area contributed by atoms with Crippen LogP contribution in [0.25, 0.3) is 0 Å². The molecule has 0 bridgehead atoms. The van der Waals surface area contributed by atoms with Crippen molar-refractivity contribution in [2.75, 3.05) is 6.54 Å². The molecule has 0 aromatic heterocycles. The normalized spacial score (nSPS) is 31.3. The molecule has 2 aromatic rings. The van der Waals surface area contributed by atoms with Crippen molar-refractivity contribution in [1.82, 2.24) is 4.90 Å². The van der Waals surface area contributed by atoms with Crippen LogP contribution in [0, 0.1) is 5.92 Å². The Balaban J connectivity index is 1.49. The summed E-state index contributed by atoms with van der Waals surface area (Å²) in [4.78, 5) is 27.7. The van der Waals surface area contributed by atoms with E-state index >= 15 is 0 Å². The molecule has 5 rings (SSSR count). The number of piperidine rings is 1. The number of rotatable bonds is 2. The second-order valence-electron chi connectivity index (χ2n) is 7.91. The molecule has 0 N–H and O–H groups in total. The zero-order valence-electron chi connectivity index (χ0n) is 15.8. The van der Waals surface area contributed by atoms with Gasteiger partial charge < -0.3 is 9.47 Å². The number of esters is 2. The summed E-state index contributed by atoms with van der Waals surface area (Å²) in [5.41, 5.74) is 3.12. The molecule has 3 aliphatic rings. The fourth-order valence-corrected chi connectivity index (χ4v) is 5.17. The number of fused-ring (bicyclic) bond motifs is 5. The molecular weight excluding hydrogens is 354 g/mol. The number of cyclic esters (lactones) is 1. The van der Waals surface area contributed by atoms with E-state index in [2.05, 4.69) is 29.2 Å². The third kappa shape index (κ3) is 2.73. The Morgan fingerprint density at radius 1 is 1.11 bits per heavy atom. The average molecular weight is 377 g/mol. The lowest BCUT2D eigenvalue weighted by molar-refractivity contribution is -0.147. The first kappa shape index (κ1) is 17.4. The second-order valence-corrected chi connectivity index (χ2v) is 7.91. The van der Waals surface area contributed by atoms with Crippen molar-refractivity contribution < 1.29 is 19.1 Å². The molecule has 5 nitrogen and oxygen atoms in total. The third-order valence-electron chi connectivity index (χ3n) is 6.38. The van der Waals surface area contributed by atoms with Gasteiger partial charge in [0.2, 0.25) is 0 Å². The van der Waals surface area contributed by atoms with Gasteiger partial charge in [0.05, 0.1) is 11.6 Å². The molecule has 0 unspecified atom stereocenters. The molecule has 0 aliphatic carbocycles. The quantitative estimate of drug-likeness (QED) is 0.753. The van der Waals surface area contributed by atoms with Gasteiger partial charge in [0, 0.05) is 19.0 Å². The van der Waals surface area contributed by atoms with Crippen LogP contribution in [-0.2, 0) is 20.7 Å². The van der Waals surface area contributed by atoms with Gasteiger partial charge in [0.1, 0.15) is 18.1 Å². The van der Waals surface area contributed by atoms with Crippen LogP contribution < -0.4 is 0 Å².